The molecule has 0 atom stereocenters. The maximum Gasteiger partial charge on any atom is 0.239 e. The van der Waals surface area contributed by atoms with Gasteiger partial charge in [0.05, 0.1) is 4.47 Å². The predicted molar refractivity (Wildman–Crippen MR) is 63.4 cm³/mol. The molecule has 82 valence electrons. The van der Waals surface area contributed by atoms with Crippen molar-refractivity contribution in [2.75, 3.05) is 10.7 Å². The maximum absolute atomic E-state index is 5.25. The lowest BCUT2D eigenvalue weighted by atomic mass is 9.82. The van der Waals surface area contributed by atoms with E-state index in [0.29, 0.717) is 12.0 Å². The molecule has 1 saturated carbocycles. The molecule has 0 aromatic carbocycles. The highest BCUT2D eigenvalue weighted by Crippen LogP contribution is 2.31. The molecule has 0 saturated heterocycles. The van der Waals surface area contributed by atoms with Crippen molar-refractivity contribution < 1.29 is 0 Å². The number of rotatable bonds is 3. The average Bonchev–Trinajstić information content (AvgIpc) is 2.19. The summed E-state index contributed by atoms with van der Waals surface area (Å²) in [7, 11) is 0. The van der Waals surface area contributed by atoms with Crippen LogP contribution in [0.3, 0.4) is 0 Å². The number of aromatic nitrogens is 2. The third kappa shape index (κ3) is 2.38. The van der Waals surface area contributed by atoms with Crippen molar-refractivity contribution >= 4 is 27.7 Å². The Hall–Kier alpha value is -0.880. The van der Waals surface area contributed by atoms with Crippen LogP contribution in [-0.4, -0.2) is 16.0 Å². The molecule has 0 radical (unpaired) electrons. The molecular formula is C9H14BrN5. The molecular weight excluding hydrogens is 258 g/mol. The lowest BCUT2D eigenvalue weighted by Gasteiger charge is -2.33. The second-order valence-electron chi connectivity index (χ2n) is 3.95. The van der Waals surface area contributed by atoms with Gasteiger partial charge >= 0.3 is 0 Å². The second-order valence-corrected chi connectivity index (χ2v) is 4.81. The number of halogens is 1. The fourth-order valence-electron chi connectivity index (χ4n) is 1.75. The third-order valence-electron chi connectivity index (χ3n) is 2.59. The fourth-order valence-corrected chi connectivity index (χ4v) is 2.06. The van der Waals surface area contributed by atoms with Crippen molar-refractivity contribution in [1.82, 2.24) is 9.97 Å². The van der Waals surface area contributed by atoms with Gasteiger partial charge in [-0.15, -0.1) is 0 Å². The van der Waals surface area contributed by atoms with E-state index in [4.69, 9.17) is 5.84 Å². The van der Waals surface area contributed by atoms with E-state index in [0.717, 1.165) is 16.2 Å². The van der Waals surface area contributed by atoms with Crippen molar-refractivity contribution in [2.24, 2.45) is 11.8 Å². The Morgan fingerprint density at radius 1 is 1.53 bits per heavy atom. The molecule has 0 spiro atoms. The Kier molecular flexibility index (Phi) is 3.06. The first-order valence-electron chi connectivity index (χ1n) is 4.94. The van der Waals surface area contributed by atoms with Crippen LogP contribution in [0.25, 0.3) is 0 Å². The molecule has 1 aliphatic carbocycles. The number of nitrogen functional groups attached to an aromatic ring is 1. The Labute approximate surface area is 97.0 Å². The van der Waals surface area contributed by atoms with Crippen LogP contribution in [0.2, 0.25) is 0 Å². The molecule has 1 aromatic rings. The summed E-state index contributed by atoms with van der Waals surface area (Å²) in [5.74, 6) is 7.29. The van der Waals surface area contributed by atoms with Crippen molar-refractivity contribution in [1.29, 1.82) is 0 Å². The summed E-state index contributed by atoms with van der Waals surface area (Å²) in [5, 5.41) is 3.36. The van der Waals surface area contributed by atoms with E-state index in [1.807, 2.05) is 0 Å². The number of nitrogens with zero attached hydrogens (tertiary/aromatic N) is 2. The van der Waals surface area contributed by atoms with Crippen LogP contribution < -0.4 is 16.6 Å². The van der Waals surface area contributed by atoms with Crippen LogP contribution in [0, 0.1) is 5.92 Å². The van der Waals surface area contributed by atoms with Gasteiger partial charge in [0, 0.05) is 12.2 Å². The van der Waals surface area contributed by atoms with Gasteiger partial charge in [0.1, 0.15) is 5.82 Å². The SMILES string of the molecule is CC1CC(Nc2nc(NN)ncc2Br)C1. The van der Waals surface area contributed by atoms with E-state index < -0.39 is 0 Å². The molecule has 0 bridgehead atoms. The first kappa shape index (κ1) is 10.6. The predicted octanol–water partition coefficient (Wildman–Crippen LogP) is 1.74. The number of hydrazine groups is 1. The summed E-state index contributed by atoms with van der Waals surface area (Å²) in [4.78, 5) is 8.22. The Balaban J connectivity index is 2.06. The van der Waals surface area contributed by atoms with Gasteiger partial charge in [0.2, 0.25) is 5.95 Å². The number of anilines is 2. The molecule has 1 heterocycles. The highest BCUT2D eigenvalue weighted by molar-refractivity contribution is 9.10. The second kappa shape index (κ2) is 4.32. The third-order valence-corrected chi connectivity index (χ3v) is 3.17. The number of nitrogens with one attached hydrogen (secondary N) is 2. The normalized spacial score (nSPS) is 24.5. The summed E-state index contributed by atoms with van der Waals surface area (Å²) in [6.45, 7) is 2.25. The van der Waals surface area contributed by atoms with Gasteiger partial charge in [-0.05, 0) is 34.7 Å². The largest absolute Gasteiger partial charge is 0.366 e. The molecule has 0 amide bonds. The summed E-state index contributed by atoms with van der Waals surface area (Å²) >= 11 is 3.40. The molecule has 4 N–H and O–H groups in total. The van der Waals surface area contributed by atoms with Crippen LogP contribution >= 0.6 is 15.9 Å². The zero-order chi connectivity index (χ0) is 10.8. The topological polar surface area (TPSA) is 75.9 Å². The maximum atomic E-state index is 5.25. The van der Waals surface area contributed by atoms with Crippen LogP contribution in [0.1, 0.15) is 19.8 Å². The van der Waals surface area contributed by atoms with Crippen LogP contribution in [0.15, 0.2) is 10.7 Å². The van der Waals surface area contributed by atoms with Crippen molar-refractivity contribution in [3.05, 3.63) is 10.7 Å². The first-order valence-corrected chi connectivity index (χ1v) is 5.74. The molecule has 2 rings (SSSR count). The molecule has 0 aliphatic heterocycles. The molecule has 1 aromatic heterocycles. The van der Waals surface area contributed by atoms with Gasteiger partial charge in [-0.2, -0.15) is 4.98 Å². The average molecular weight is 272 g/mol. The van der Waals surface area contributed by atoms with Gasteiger partial charge in [0.25, 0.3) is 0 Å². The molecule has 15 heavy (non-hydrogen) atoms. The smallest absolute Gasteiger partial charge is 0.239 e. The van der Waals surface area contributed by atoms with Crippen LogP contribution in [-0.2, 0) is 0 Å². The minimum absolute atomic E-state index is 0.424. The minimum atomic E-state index is 0.424. The molecule has 1 aliphatic rings. The monoisotopic (exact) mass is 271 g/mol. The first-order chi connectivity index (χ1) is 7.19. The minimum Gasteiger partial charge on any atom is -0.366 e. The molecule has 6 heteroatoms. The Bertz CT molecular complexity index is 350. The van der Waals surface area contributed by atoms with Crippen molar-refractivity contribution in [2.45, 2.75) is 25.8 Å². The number of hydrogen-bond acceptors (Lipinski definition) is 5. The Morgan fingerprint density at radius 3 is 2.87 bits per heavy atom. The van der Waals surface area contributed by atoms with E-state index in [2.05, 4.69) is 43.6 Å². The fraction of sp³-hybridized carbons (Fsp3) is 0.556. The van der Waals surface area contributed by atoms with E-state index in [-0.39, 0.29) is 0 Å². The highest BCUT2D eigenvalue weighted by Gasteiger charge is 2.25. The summed E-state index contributed by atoms with van der Waals surface area (Å²) < 4.78 is 0.862. The van der Waals surface area contributed by atoms with Crippen molar-refractivity contribution in [3.8, 4) is 0 Å². The van der Waals surface area contributed by atoms with E-state index in [9.17, 15) is 0 Å². The van der Waals surface area contributed by atoms with E-state index in [1.54, 1.807) is 6.20 Å². The standard InChI is InChI=1S/C9H14BrN5/c1-5-2-6(3-5)13-8-7(10)4-12-9(14-8)15-11/h4-6H,2-3,11H2,1H3,(H2,12,13,14,15). The zero-order valence-electron chi connectivity index (χ0n) is 8.50. The lowest BCUT2D eigenvalue weighted by Crippen LogP contribution is -2.34. The van der Waals surface area contributed by atoms with E-state index >= 15 is 0 Å². The number of nitrogens with two attached hydrogens (primary N) is 1. The van der Waals surface area contributed by atoms with Gasteiger partial charge < -0.3 is 5.32 Å². The quantitative estimate of drug-likeness (QED) is 0.577. The molecule has 0 unspecified atom stereocenters. The highest BCUT2D eigenvalue weighted by atomic mass is 79.9. The van der Waals surface area contributed by atoms with Gasteiger partial charge in [-0.25, -0.2) is 10.8 Å². The molecule has 5 nitrogen and oxygen atoms in total. The van der Waals surface area contributed by atoms with Gasteiger partial charge in [-0.1, -0.05) is 6.92 Å². The summed E-state index contributed by atoms with van der Waals surface area (Å²) in [5.41, 5.74) is 2.43. The van der Waals surface area contributed by atoms with Gasteiger partial charge in [0.15, 0.2) is 0 Å². The molecule has 1 fully saturated rings. The lowest BCUT2D eigenvalue weighted by molar-refractivity contribution is 0.308. The summed E-state index contributed by atoms with van der Waals surface area (Å²) in [6, 6.07) is 0.525. The van der Waals surface area contributed by atoms with Gasteiger partial charge in [-0.3, -0.25) is 5.43 Å². The summed E-state index contributed by atoms with van der Waals surface area (Å²) in [6.07, 6.45) is 4.08. The number of hydrogen-bond donors (Lipinski definition) is 3. The van der Waals surface area contributed by atoms with Crippen LogP contribution in [0.5, 0.6) is 0 Å². The zero-order valence-corrected chi connectivity index (χ0v) is 10.1. The van der Waals surface area contributed by atoms with E-state index in [1.165, 1.54) is 12.8 Å². The van der Waals surface area contributed by atoms with Crippen LogP contribution in [0.4, 0.5) is 11.8 Å². The van der Waals surface area contributed by atoms with Crippen molar-refractivity contribution in [3.63, 3.8) is 0 Å². The Morgan fingerprint density at radius 2 is 2.27 bits per heavy atom.